The van der Waals surface area contributed by atoms with Crippen LogP contribution in [0.1, 0.15) is 17.3 Å². The van der Waals surface area contributed by atoms with Gasteiger partial charge >= 0.3 is 0 Å². The molecule has 5 heteroatoms. The predicted molar refractivity (Wildman–Crippen MR) is 95.4 cm³/mol. The zero-order valence-corrected chi connectivity index (χ0v) is 14.8. The van der Waals surface area contributed by atoms with E-state index in [0.29, 0.717) is 17.1 Å². The van der Waals surface area contributed by atoms with E-state index >= 15 is 0 Å². The molecular formula is C18H18BrNO3. The van der Waals surface area contributed by atoms with Gasteiger partial charge in [-0.1, -0.05) is 15.9 Å². The highest BCUT2D eigenvalue weighted by molar-refractivity contribution is 9.10. The van der Waals surface area contributed by atoms with Gasteiger partial charge in [0.1, 0.15) is 11.5 Å². The summed E-state index contributed by atoms with van der Waals surface area (Å²) < 4.78 is 11.4. The van der Waals surface area contributed by atoms with Gasteiger partial charge in [0.25, 0.3) is 0 Å². The number of methoxy groups -OCH3 is 2. The van der Waals surface area contributed by atoms with Crippen LogP contribution < -0.4 is 14.8 Å². The molecule has 23 heavy (non-hydrogen) atoms. The predicted octanol–water partition coefficient (Wildman–Crippen LogP) is 4.66. The first-order chi connectivity index (χ1) is 11.0. The lowest BCUT2D eigenvalue weighted by atomic mass is 10.1. The number of nitrogens with one attached hydrogen (secondary N) is 1. The molecule has 2 rings (SSSR count). The van der Waals surface area contributed by atoms with Crippen molar-refractivity contribution < 1.29 is 14.3 Å². The summed E-state index contributed by atoms with van der Waals surface area (Å²) >= 11 is 3.35. The van der Waals surface area contributed by atoms with Gasteiger partial charge in [-0.3, -0.25) is 4.79 Å². The lowest BCUT2D eigenvalue weighted by Crippen LogP contribution is -2.03. The van der Waals surface area contributed by atoms with Crippen LogP contribution in [0.25, 0.3) is 0 Å². The van der Waals surface area contributed by atoms with Crippen LogP contribution in [0, 0.1) is 0 Å². The Morgan fingerprint density at radius 3 is 2.39 bits per heavy atom. The molecule has 0 aliphatic carbocycles. The number of rotatable bonds is 6. The summed E-state index contributed by atoms with van der Waals surface area (Å²) in [6, 6.07) is 12.7. The molecule has 0 aliphatic rings. The molecular weight excluding hydrogens is 358 g/mol. The molecule has 0 heterocycles. The molecule has 0 aliphatic heterocycles. The summed E-state index contributed by atoms with van der Waals surface area (Å²) in [6.45, 7) is 1.83. The van der Waals surface area contributed by atoms with E-state index in [9.17, 15) is 4.79 Å². The summed E-state index contributed by atoms with van der Waals surface area (Å²) in [5, 5.41) is 3.18. The molecule has 4 nitrogen and oxygen atoms in total. The molecule has 2 aromatic rings. The molecule has 0 radical (unpaired) electrons. The molecule has 120 valence electrons. The van der Waals surface area contributed by atoms with Crippen molar-refractivity contribution in [2.75, 3.05) is 19.5 Å². The molecule has 0 saturated heterocycles. The van der Waals surface area contributed by atoms with Crippen molar-refractivity contribution in [1.82, 2.24) is 0 Å². The number of benzene rings is 2. The van der Waals surface area contributed by atoms with Crippen LogP contribution in [0.3, 0.4) is 0 Å². The number of ether oxygens (including phenoxy) is 2. The minimum Gasteiger partial charge on any atom is -0.497 e. The maximum absolute atomic E-state index is 12.2. The number of halogens is 1. The van der Waals surface area contributed by atoms with Crippen molar-refractivity contribution in [1.29, 1.82) is 0 Å². The van der Waals surface area contributed by atoms with Crippen LogP contribution in [-0.2, 0) is 0 Å². The summed E-state index contributed by atoms with van der Waals surface area (Å²) in [5.74, 6) is 1.29. The Morgan fingerprint density at radius 2 is 1.78 bits per heavy atom. The Kier molecular flexibility index (Phi) is 5.82. The van der Waals surface area contributed by atoms with Gasteiger partial charge in [-0.2, -0.15) is 0 Å². The van der Waals surface area contributed by atoms with Crippen LogP contribution >= 0.6 is 15.9 Å². The third-order valence-electron chi connectivity index (χ3n) is 3.22. The molecule has 0 saturated carbocycles. The van der Waals surface area contributed by atoms with Crippen molar-refractivity contribution in [3.63, 3.8) is 0 Å². The number of hydrogen-bond donors (Lipinski definition) is 1. The molecule has 0 fully saturated rings. The molecule has 1 N–H and O–H groups in total. The van der Waals surface area contributed by atoms with Gasteiger partial charge in [0.05, 0.1) is 19.9 Å². The molecule has 0 amide bonds. The minimum absolute atomic E-state index is 0.0602. The molecule has 0 spiro atoms. The Bertz CT molecular complexity index is 724. The van der Waals surface area contributed by atoms with Crippen LogP contribution in [0.2, 0.25) is 0 Å². The second-order valence-corrected chi connectivity index (χ2v) is 5.81. The van der Waals surface area contributed by atoms with Gasteiger partial charge in [0, 0.05) is 27.9 Å². The number of anilines is 1. The average Bonchev–Trinajstić information content (AvgIpc) is 2.55. The lowest BCUT2D eigenvalue weighted by Gasteiger charge is -2.12. The van der Waals surface area contributed by atoms with E-state index in [0.717, 1.165) is 15.9 Å². The quantitative estimate of drug-likeness (QED) is 0.588. The van der Waals surface area contributed by atoms with Crippen molar-refractivity contribution in [2.24, 2.45) is 0 Å². The first-order valence-electron chi connectivity index (χ1n) is 7.00. The van der Waals surface area contributed by atoms with Crippen LogP contribution in [-0.4, -0.2) is 20.0 Å². The van der Waals surface area contributed by atoms with E-state index < -0.39 is 0 Å². The molecule has 0 aromatic heterocycles. The van der Waals surface area contributed by atoms with E-state index in [2.05, 4.69) is 21.2 Å². The normalized spacial score (nSPS) is 11.0. The van der Waals surface area contributed by atoms with Crippen molar-refractivity contribution in [2.45, 2.75) is 6.92 Å². The number of hydrogen-bond acceptors (Lipinski definition) is 4. The van der Waals surface area contributed by atoms with Gasteiger partial charge in [-0.15, -0.1) is 0 Å². The van der Waals surface area contributed by atoms with E-state index in [4.69, 9.17) is 9.47 Å². The van der Waals surface area contributed by atoms with Crippen LogP contribution in [0.4, 0.5) is 5.69 Å². The third kappa shape index (κ3) is 4.60. The Hall–Kier alpha value is -2.27. The average molecular weight is 376 g/mol. The number of ketones is 1. The highest BCUT2D eigenvalue weighted by Gasteiger charge is 2.07. The smallest absolute Gasteiger partial charge is 0.187 e. The Balaban J connectivity index is 2.16. The second kappa shape index (κ2) is 7.83. The van der Waals surface area contributed by atoms with E-state index in [-0.39, 0.29) is 5.78 Å². The fraction of sp³-hybridized carbons (Fsp3) is 0.167. The molecule has 0 atom stereocenters. The van der Waals surface area contributed by atoms with Gasteiger partial charge in [0.15, 0.2) is 5.78 Å². The molecule has 2 aromatic carbocycles. The third-order valence-corrected chi connectivity index (χ3v) is 3.75. The van der Waals surface area contributed by atoms with Crippen molar-refractivity contribution in [3.05, 3.63) is 64.3 Å². The first kappa shape index (κ1) is 17.1. The Labute approximate surface area is 144 Å². The molecule has 0 bridgehead atoms. The SMILES string of the molecule is COc1ccc(N/C(C)=C/C(=O)c2ccc(Br)cc2)c(OC)c1. The fourth-order valence-corrected chi connectivity index (χ4v) is 2.31. The van der Waals surface area contributed by atoms with E-state index in [1.54, 1.807) is 38.5 Å². The summed E-state index contributed by atoms with van der Waals surface area (Å²) in [5.41, 5.74) is 2.13. The summed E-state index contributed by atoms with van der Waals surface area (Å²) in [4.78, 5) is 12.2. The van der Waals surface area contributed by atoms with E-state index in [1.165, 1.54) is 0 Å². The maximum Gasteiger partial charge on any atom is 0.187 e. The number of allylic oxidation sites excluding steroid dienone is 2. The zero-order chi connectivity index (χ0) is 16.8. The van der Waals surface area contributed by atoms with Crippen LogP contribution in [0.15, 0.2) is 58.7 Å². The zero-order valence-electron chi connectivity index (χ0n) is 13.2. The summed E-state index contributed by atoms with van der Waals surface area (Å²) in [6.07, 6.45) is 1.56. The second-order valence-electron chi connectivity index (χ2n) is 4.89. The fourth-order valence-electron chi connectivity index (χ4n) is 2.04. The Morgan fingerprint density at radius 1 is 1.09 bits per heavy atom. The number of carbonyl (C=O) groups excluding carboxylic acids is 1. The van der Waals surface area contributed by atoms with E-state index in [1.807, 2.05) is 31.2 Å². The van der Waals surface area contributed by atoms with Gasteiger partial charge < -0.3 is 14.8 Å². The topological polar surface area (TPSA) is 47.6 Å². The monoisotopic (exact) mass is 375 g/mol. The minimum atomic E-state index is -0.0602. The van der Waals surface area contributed by atoms with Gasteiger partial charge in [-0.05, 0) is 43.3 Å². The van der Waals surface area contributed by atoms with Gasteiger partial charge in [0.2, 0.25) is 0 Å². The van der Waals surface area contributed by atoms with Crippen molar-refractivity contribution in [3.8, 4) is 11.5 Å². The first-order valence-corrected chi connectivity index (χ1v) is 7.80. The largest absolute Gasteiger partial charge is 0.497 e. The standard InChI is InChI=1S/C18H18BrNO3/c1-12(10-17(21)13-4-6-14(19)7-5-13)20-16-9-8-15(22-2)11-18(16)23-3/h4-11,20H,1-3H3/b12-10+. The lowest BCUT2D eigenvalue weighted by molar-refractivity contribution is 0.104. The van der Waals surface area contributed by atoms with Crippen molar-refractivity contribution >= 4 is 27.4 Å². The number of carbonyl (C=O) groups is 1. The highest BCUT2D eigenvalue weighted by atomic mass is 79.9. The van der Waals surface area contributed by atoms with Crippen LogP contribution in [0.5, 0.6) is 11.5 Å². The maximum atomic E-state index is 12.2. The summed E-state index contributed by atoms with van der Waals surface area (Å²) in [7, 11) is 3.19. The van der Waals surface area contributed by atoms with Gasteiger partial charge in [-0.25, -0.2) is 0 Å². The highest BCUT2D eigenvalue weighted by Crippen LogP contribution is 2.30. The molecule has 0 unspecified atom stereocenters.